The second-order valence-corrected chi connectivity index (χ2v) is 30.0. The lowest BCUT2D eigenvalue weighted by molar-refractivity contribution is -0.384. The number of aromatic nitrogens is 5. The van der Waals surface area contributed by atoms with Crippen LogP contribution in [-0.2, 0) is 42.3 Å². The first-order chi connectivity index (χ1) is 53.5. The quantitative estimate of drug-likeness (QED) is 0.00989. The Kier molecular flexibility index (Phi) is 29.6. The molecule has 24 nitrogen and oxygen atoms in total. The Bertz CT molecular complexity index is 5160. The van der Waals surface area contributed by atoms with E-state index in [4.69, 9.17) is 26.7 Å². The highest BCUT2D eigenvalue weighted by atomic mass is 32.2. The predicted octanol–water partition coefficient (Wildman–Crippen LogP) is 17.5. The third-order valence-electron chi connectivity index (χ3n) is 19.5. The number of rotatable bonds is 21. The highest BCUT2D eigenvalue weighted by Crippen LogP contribution is 2.29. The molecule has 3 saturated heterocycles. The summed E-state index contributed by atoms with van der Waals surface area (Å²) < 4.78 is 15.1. The summed E-state index contributed by atoms with van der Waals surface area (Å²) in [7, 11) is 0. The number of nitrogens with zero attached hydrogens (tertiary/aromatic N) is 12. The molecule has 16 rings (SSSR count). The highest BCUT2D eigenvalue weighted by Gasteiger charge is 2.17. The van der Waals surface area contributed by atoms with E-state index < -0.39 is 9.85 Å². The number of aliphatic hydroxyl groups excluding tert-OH is 1. The Balaban J connectivity index is 0.000000132. The zero-order valence-corrected chi connectivity index (χ0v) is 64.4. The Morgan fingerprint density at radius 1 is 0.482 bits per heavy atom. The monoisotopic (exact) mass is 1540 g/mol. The van der Waals surface area contributed by atoms with Crippen molar-refractivity contribution in [1.82, 2.24) is 37.5 Å². The number of nitrogens with two attached hydrogens (primary N) is 2. The number of amidine groups is 1. The molecule has 110 heavy (non-hydrogen) atoms. The molecule has 3 aliphatic heterocycles. The smallest absolute Gasteiger partial charge is 0.325 e. The standard InChI is InChI=1S/C20H24N4S.C15H19N3O2.C15H21N3.C12H12N2O4.C11H9NS2.C10H10N2O3/c21-20(19-5-4-14-25-19)22-17-7-6-16-8-11-24(18(16)15-17)13-12-23-9-2-1-3-10-23;19-18(20)14-5-4-13-6-9-17(15(13)12-14)11-10-16-7-2-1-3-8-16;16-14-5-4-13-6-9-18(15(13)12-14)11-10-17-7-2-1-3-8-17;1-2-18-12(15)8-13-6-5-9-3-4-10(14(16)17)7-11(9)13;12-11(10-7-4-8-13-10)14-9-5-2-1-3-6-9;13-6-5-11-4-3-8-1-2-9(12(14)15)7-10(8)11/h4-8,11,14-15H,1-3,9-10,12-13H2,(H2,21,22);4-6,9,12H,1-3,7-8,10-11H2;4-6,9,12H,1-3,7-8,10-11,16H2;3-7H,2,8H2,1H3;1-8,12H;1-4,7,13H,5-6H2. The number of nitro benzene ring substituents is 3. The van der Waals surface area contributed by atoms with E-state index in [-0.39, 0.29) is 41.1 Å². The summed E-state index contributed by atoms with van der Waals surface area (Å²) in [6.45, 7) is 16.2. The van der Waals surface area contributed by atoms with Crippen molar-refractivity contribution < 1.29 is 29.4 Å². The van der Waals surface area contributed by atoms with Crippen molar-refractivity contribution in [3.05, 3.63) is 258 Å². The van der Waals surface area contributed by atoms with Gasteiger partial charge in [0.2, 0.25) is 0 Å². The average molecular weight is 1540 g/mol. The number of nitro groups is 3. The van der Waals surface area contributed by atoms with Crippen LogP contribution in [-0.4, -0.2) is 146 Å². The average Bonchev–Trinajstić information content (AvgIpc) is 1.69. The molecular weight excluding hydrogens is 1450 g/mol. The van der Waals surface area contributed by atoms with Gasteiger partial charge in [-0.2, -0.15) is 0 Å². The van der Waals surface area contributed by atoms with Crippen LogP contribution >= 0.6 is 34.4 Å². The van der Waals surface area contributed by atoms with Gasteiger partial charge in [-0.3, -0.25) is 40.5 Å². The van der Waals surface area contributed by atoms with Crippen LogP contribution in [0.15, 0.2) is 228 Å². The second kappa shape index (κ2) is 40.6. The molecule has 6 aromatic carbocycles. The van der Waals surface area contributed by atoms with Crippen molar-refractivity contribution in [2.24, 2.45) is 10.7 Å². The maximum Gasteiger partial charge on any atom is 0.325 e. The van der Waals surface area contributed by atoms with Gasteiger partial charge in [-0.25, -0.2) is 4.99 Å². The van der Waals surface area contributed by atoms with Gasteiger partial charge in [0.25, 0.3) is 17.1 Å². The van der Waals surface area contributed by atoms with Crippen LogP contribution in [0.4, 0.5) is 28.4 Å². The van der Waals surface area contributed by atoms with E-state index in [1.807, 2.05) is 108 Å². The van der Waals surface area contributed by atoms with E-state index >= 15 is 0 Å². The number of anilines is 1. The fourth-order valence-corrected chi connectivity index (χ4v) is 15.8. The molecule has 3 aliphatic rings. The lowest BCUT2D eigenvalue weighted by atomic mass is 10.1. The molecule has 0 unspecified atom stereocenters. The van der Waals surface area contributed by atoms with Crippen LogP contribution in [0.2, 0.25) is 0 Å². The number of thioether (sulfide) groups is 1. The number of hydrogen-bond donors (Lipinski definition) is 4. The molecule has 13 aromatic rings. The van der Waals surface area contributed by atoms with E-state index in [9.17, 15) is 35.1 Å². The SMILES string of the molecule is CCOC(=O)Cn1ccc2ccc([N+](=O)[O-])cc21.N=C(Sc1ccccc1)c1cccs1.NC(=Nc1ccc2ccn(CCN3CCCCC3)c2c1)c1cccs1.Nc1ccc2ccn(CCN3CCCCC3)c2c1.O=[N+]([O-])c1ccc2ccn(CCN3CCCCC3)c2c1.O=[N+]([O-])c1ccc2ccn(CCO)c2c1. The first-order valence-corrected chi connectivity index (χ1v) is 39.9. The summed E-state index contributed by atoms with van der Waals surface area (Å²) in [6.07, 6.45) is 22.0. The molecule has 27 heteroatoms. The van der Waals surface area contributed by atoms with E-state index in [0.29, 0.717) is 29.5 Å². The summed E-state index contributed by atoms with van der Waals surface area (Å²) >= 11 is 4.72. The van der Waals surface area contributed by atoms with Gasteiger partial charge in [-0.1, -0.05) is 73.5 Å². The fourth-order valence-electron chi connectivity index (χ4n) is 13.7. The number of ether oxygens (including phenoxy) is 1. The number of fused-ring (bicyclic) bond motifs is 5. The maximum atomic E-state index is 11.4. The van der Waals surface area contributed by atoms with Gasteiger partial charge in [-0.15, -0.1) is 22.7 Å². The maximum absolute atomic E-state index is 11.4. The normalized spacial score (nSPS) is 14.1. The largest absolute Gasteiger partial charge is 0.465 e. The zero-order valence-electron chi connectivity index (χ0n) is 61.9. The number of non-ortho nitro benzene ring substituents is 3. The number of benzene rings is 6. The molecule has 0 amide bonds. The summed E-state index contributed by atoms with van der Waals surface area (Å²) in [6, 6.07) is 54.8. The van der Waals surface area contributed by atoms with Crippen LogP contribution in [0.3, 0.4) is 0 Å². The number of aliphatic hydroxyl groups is 1. The third kappa shape index (κ3) is 22.9. The number of aliphatic imine (C=N–C) groups is 1. The summed E-state index contributed by atoms with van der Waals surface area (Å²) in [4.78, 5) is 57.7. The Labute approximate surface area is 651 Å². The number of carbonyl (C=O) groups excluding carboxylic acids is 1. The van der Waals surface area contributed by atoms with Crippen LogP contribution in [0.5, 0.6) is 0 Å². The molecule has 10 heterocycles. The number of esters is 1. The van der Waals surface area contributed by atoms with Crippen LogP contribution in [0.25, 0.3) is 54.5 Å². The van der Waals surface area contributed by atoms with E-state index in [2.05, 4.69) is 82.2 Å². The molecule has 0 saturated carbocycles. The highest BCUT2D eigenvalue weighted by molar-refractivity contribution is 8.14. The van der Waals surface area contributed by atoms with Crippen molar-refractivity contribution in [2.75, 3.05) is 77.9 Å². The topological polar surface area (TPSA) is 299 Å². The number of thiophene rings is 2. The molecular formula is C83H95N15O9S3. The summed E-state index contributed by atoms with van der Waals surface area (Å²) in [5.41, 5.74) is 18.9. The minimum absolute atomic E-state index is 0.00584. The van der Waals surface area contributed by atoms with Crippen molar-refractivity contribution in [3.63, 3.8) is 0 Å². The van der Waals surface area contributed by atoms with E-state index in [0.717, 1.165) is 92.5 Å². The predicted molar refractivity (Wildman–Crippen MR) is 447 cm³/mol. The second-order valence-electron chi connectivity index (χ2n) is 27.0. The molecule has 6 N–H and O–H groups in total. The number of piperidine rings is 3. The number of carbonyl (C=O) groups is 1. The molecule has 0 bridgehead atoms. The Morgan fingerprint density at radius 2 is 0.873 bits per heavy atom. The molecule has 574 valence electrons. The van der Waals surface area contributed by atoms with E-state index in [1.165, 1.54) is 155 Å². The third-order valence-corrected chi connectivity index (χ3v) is 22.3. The van der Waals surface area contributed by atoms with Gasteiger partial charge in [0.1, 0.15) is 17.4 Å². The number of nitrogens with one attached hydrogen (secondary N) is 1. The minimum atomic E-state index is -0.457. The van der Waals surface area contributed by atoms with Crippen LogP contribution in [0.1, 0.15) is 74.5 Å². The Morgan fingerprint density at radius 3 is 1.29 bits per heavy atom. The fraction of sp³-hybridized carbons (Fsp3) is 0.313. The van der Waals surface area contributed by atoms with E-state index in [1.54, 1.807) is 75.3 Å². The molecule has 0 spiro atoms. The van der Waals surface area contributed by atoms with Crippen molar-refractivity contribution >= 4 is 134 Å². The number of nitrogen functional groups attached to an aromatic ring is 1. The van der Waals surface area contributed by atoms with Gasteiger partial charge in [-0.05, 0) is 203 Å². The van der Waals surface area contributed by atoms with Crippen LogP contribution < -0.4 is 11.5 Å². The first-order valence-electron chi connectivity index (χ1n) is 37.4. The number of likely N-dealkylation sites (tertiary alicyclic amines) is 3. The first kappa shape index (κ1) is 80.2. The van der Waals surface area contributed by atoms with Gasteiger partial charge in [0, 0.05) is 140 Å². The van der Waals surface area contributed by atoms with Gasteiger partial charge in [0.05, 0.1) is 71.0 Å². The Hall–Kier alpha value is -10.8. The van der Waals surface area contributed by atoms with Gasteiger partial charge in [0.15, 0.2) is 0 Å². The summed E-state index contributed by atoms with van der Waals surface area (Å²) in [5, 5.41) is 58.9. The zero-order chi connectivity index (χ0) is 77.1. The van der Waals surface area contributed by atoms with Crippen LogP contribution in [0, 0.1) is 35.8 Å². The van der Waals surface area contributed by atoms with Crippen molar-refractivity contribution in [2.45, 2.75) is 102 Å². The number of hydrogen-bond acceptors (Lipinski definition) is 18. The van der Waals surface area contributed by atoms with Gasteiger partial charge < -0.3 is 58.8 Å². The molecule has 3 fully saturated rings. The molecule has 7 aromatic heterocycles. The minimum Gasteiger partial charge on any atom is -0.465 e. The molecule has 0 aliphatic carbocycles. The molecule has 0 radical (unpaired) electrons. The lowest BCUT2D eigenvalue weighted by Crippen LogP contribution is -2.32. The molecule has 0 atom stereocenters. The van der Waals surface area contributed by atoms with Crippen molar-refractivity contribution in [1.29, 1.82) is 5.41 Å². The summed E-state index contributed by atoms with van der Waals surface area (Å²) in [5.74, 6) is 0.224. The lowest BCUT2D eigenvalue weighted by Gasteiger charge is -2.26. The van der Waals surface area contributed by atoms with Crippen molar-refractivity contribution in [3.8, 4) is 0 Å². The van der Waals surface area contributed by atoms with Gasteiger partial charge >= 0.3 is 5.97 Å².